The van der Waals surface area contributed by atoms with Gasteiger partial charge in [-0.25, -0.2) is 0 Å². The summed E-state index contributed by atoms with van der Waals surface area (Å²) in [6, 6.07) is 6.81. The maximum absolute atomic E-state index is 12.5. The fourth-order valence-electron chi connectivity index (χ4n) is 3.08. The van der Waals surface area contributed by atoms with Crippen LogP contribution in [0.25, 0.3) is 0 Å². The minimum absolute atomic E-state index is 0.121. The first-order valence-electron chi connectivity index (χ1n) is 6.99. The van der Waals surface area contributed by atoms with Crippen molar-refractivity contribution in [2.24, 2.45) is 5.41 Å². The van der Waals surface area contributed by atoms with Crippen LogP contribution in [0.4, 0.5) is 5.69 Å². The van der Waals surface area contributed by atoms with Crippen molar-refractivity contribution in [1.82, 2.24) is 10.2 Å². The normalized spacial score (nSPS) is 25.2. The van der Waals surface area contributed by atoms with E-state index in [1.165, 1.54) is 0 Å². The quantitative estimate of drug-likeness (QED) is 0.582. The number of hydrogen-bond acceptors (Lipinski definition) is 4. The van der Waals surface area contributed by atoms with Crippen LogP contribution in [0, 0.1) is 5.41 Å². The van der Waals surface area contributed by atoms with Crippen molar-refractivity contribution in [3.63, 3.8) is 0 Å². The molecule has 1 aromatic rings. The molecule has 110 valence electrons. The number of nitrogens with two attached hydrogens (primary N) is 1. The average Bonchev–Trinajstić information content (AvgIpc) is 2.88. The van der Waals surface area contributed by atoms with E-state index in [0.29, 0.717) is 43.6 Å². The zero-order chi connectivity index (χ0) is 15.0. The van der Waals surface area contributed by atoms with Crippen LogP contribution in [-0.2, 0) is 9.59 Å². The standard InChI is InChI=1S/C15H17N3O3/c16-11-3-1-2-10(8-11)13(20)18-7-6-15(9-18)5-4-12(19)17-14(15)21/h1-3,8H,4-7,9,16H2,(H,17,19,21). The molecule has 0 aliphatic carbocycles. The van der Waals surface area contributed by atoms with Crippen molar-refractivity contribution in [2.45, 2.75) is 19.3 Å². The van der Waals surface area contributed by atoms with Crippen LogP contribution in [0.15, 0.2) is 24.3 Å². The van der Waals surface area contributed by atoms with E-state index in [1.807, 2.05) is 0 Å². The van der Waals surface area contributed by atoms with E-state index in [2.05, 4.69) is 5.32 Å². The second-order valence-corrected chi connectivity index (χ2v) is 5.76. The van der Waals surface area contributed by atoms with Gasteiger partial charge in [0.05, 0.1) is 5.41 Å². The van der Waals surface area contributed by atoms with Crippen LogP contribution in [0.5, 0.6) is 0 Å². The molecule has 2 fully saturated rings. The Kier molecular flexibility index (Phi) is 3.16. The van der Waals surface area contributed by atoms with Gasteiger partial charge in [0.25, 0.3) is 5.91 Å². The molecule has 3 N–H and O–H groups in total. The van der Waals surface area contributed by atoms with Crippen LogP contribution < -0.4 is 11.1 Å². The first-order valence-corrected chi connectivity index (χ1v) is 6.99. The number of piperidine rings is 1. The number of amides is 3. The molecule has 0 saturated carbocycles. The largest absolute Gasteiger partial charge is 0.399 e. The third kappa shape index (κ3) is 2.37. The highest BCUT2D eigenvalue weighted by molar-refractivity contribution is 6.02. The molecule has 1 atom stereocenters. The summed E-state index contributed by atoms with van der Waals surface area (Å²) in [7, 11) is 0. The van der Waals surface area contributed by atoms with E-state index in [-0.39, 0.29) is 17.7 Å². The Hall–Kier alpha value is -2.37. The van der Waals surface area contributed by atoms with E-state index in [9.17, 15) is 14.4 Å². The minimum atomic E-state index is -0.607. The first-order chi connectivity index (χ1) is 10.00. The Morgan fingerprint density at radius 2 is 2.10 bits per heavy atom. The number of benzene rings is 1. The summed E-state index contributed by atoms with van der Waals surface area (Å²) in [6.45, 7) is 0.884. The summed E-state index contributed by atoms with van der Waals surface area (Å²) in [5.41, 5.74) is 6.15. The van der Waals surface area contributed by atoms with Crippen LogP contribution in [0.1, 0.15) is 29.6 Å². The maximum atomic E-state index is 12.5. The summed E-state index contributed by atoms with van der Waals surface area (Å²) in [5, 5.41) is 2.38. The van der Waals surface area contributed by atoms with Gasteiger partial charge in [-0.1, -0.05) is 6.07 Å². The van der Waals surface area contributed by atoms with Gasteiger partial charge >= 0.3 is 0 Å². The van der Waals surface area contributed by atoms with Gasteiger partial charge in [-0.3, -0.25) is 19.7 Å². The van der Waals surface area contributed by atoms with Crippen molar-refractivity contribution in [1.29, 1.82) is 0 Å². The molecule has 0 radical (unpaired) electrons. The van der Waals surface area contributed by atoms with Crippen LogP contribution in [-0.4, -0.2) is 35.7 Å². The number of rotatable bonds is 1. The highest BCUT2D eigenvalue weighted by atomic mass is 16.2. The average molecular weight is 287 g/mol. The van der Waals surface area contributed by atoms with E-state index >= 15 is 0 Å². The summed E-state index contributed by atoms with van der Waals surface area (Å²) in [5.74, 6) is -0.600. The second-order valence-electron chi connectivity index (χ2n) is 5.76. The maximum Gasteiger partial charge on any atom is 0.253 e. The number of nitrogens with one attached hydrogen (secondary N) is 1. The van der Waals surface area contributed by atoms with Gasteiger partial charge in [0.1, 0.15) is 0 Å². The van der Waals surface area contributed by atoms with E-state index < -0.39 is 5.41 Å². The molecule has 6 nitrogen and oxygen atoms in total. The molecule has 0 aromatic heterocycles. The number of carbonyl (C=O) groups excluding carboxylic acids is 3. The predicted octanol–water partition coefficient (Wildman–Crippen LogP) is 0.538. The molecule has 2 saturated heterocycles. The molecular formula is C15H17N3O3. The van der Waals surface area contributed by atoms with E-state index in [0.717, 1.165) is 0 Å². The number of anilines is 1. The fraction of sp³-hybridized carbons (Fsp3) is 0.400. The van der Waals surface area contributed by atoms with Gasteiger partial charge < -0.3 is 10.6 Å². The third-order valence-corrected chi connectivity index (χ3v) is 4.34. The smallest absolute Gasteiger partial charge is 0.253 e. The summed E-state index contributed by atoms with van der Waals surface area (Å²) >= 11 is 0. The molecule has 1 unspecified atom stereocenters. The molecule has 6 heteroatoms. The molecule has 1 spiro atoms. The Balaban J connectivity index is 1.76. The number of carbonyl (C=O) groups is 3. The molecule has 2 aliphatic heterocycles. The Labute approximate surface area is 122 Å². The lowest BCUT2D eigenvalue weighted by Gasteiger charge is -2.31. The van der Waals surface area contributed by atoms with Gasteiger partial charge in [0.2, 0.25) is 11.8 Å². The van der Waals surface area contributed by atoms with E-state index in [4.69, 9.17) is 5.73 Å². The zero-order valence-electron chi connectivity index (χ0n) is 11.6. The number of imide groups is 1. The van der Waals surface area contributed by atoms with Crippen molar-refractivity contribution < 1.29 is 14.4 Å². The topological polar surface area (TPSA) is 92.5 Å². The minimum Gasteiger partial charge on any atom is -0.399 e. The third-order valence-electron chi connectivity index (χ3n) is 4.34. The molecule has 3 rings (SSSR count). The van der Waals surface area contributed by atoms with Gasteiger partial charge in [-0.2, -0.15) is 0 Å². The van der Waals surface area contributed by atoms with Crippen molar-refractivity contribution in [3.8, 4) is 0 Å². The number of nitrogens with zero attached hydrogens (tertiary/aromatic N) is 1. The number of likely N-dealkylation sites (tertiary alicyclic amines) is 1. The SMILES string of the molecule is Nc1cccc(C(=O)N2CCC3(CCC(=O)NC3=O)C2)c1. The zero-order valence-corrected chi connectivity index (χ0v) is 11.6. The Morgan fingerprint density at radius 1 is 1.29 bits per heavy atom. The molecule has 0 bridgehead atoms. The number of nitrogen functional groups attached to an aromatic ring is 1. The van der Waals surface area contributed by atoms with Crippen LogP contribution in [0.3, 0.4) is 0 Å². The molecule has 1 aromatic carbocycles. The molecular weight excluding hydrogens is 270 g/mol. The van der Waals surface area contributed by atoms with Gasteiger partial charge in [0.15, 0.2) is 0 Å². The van der Waals surface area contributed by atoms with Gasteiger partial charge in [-0.15, -0.1) is 0 Å². The van der Waals surface area contributed by atoms with Crippen LogP contribution >= 0.6 is 0 Å². The molecule has 2 aliphatic rings. The second kappa shape index (κ2) is 4.87. The lowest BCUT2D eigenvalue weighted by molar-refractivity contribution is -0.141. The Bertz CT molecular complexity index is 628. The predicted molar refractivity (Wildman–Crippen MR) is 76.2 cm³/mol. The number of hydrogen-bond donors (Lipinski definition) is 2. The van der Waals surface area contributed by atoms with Crippen molar-refractivity contribution in [3.05, 3.63) is 29.8 Å². The Morgan fingerprint density at radius 3 is 2.81 bits per heavy atom. The van der Waals surface area contributed by atoms with E-state index in [1.54, 1.807) is 29.2 Å². The monoisotopic (exact) mass is 287 g/mol. The van der Waals surface area contributed by atoms with Crippen molar-refractivity contribution in [2.75, 3.05) is 18.8 Å². The van der Waals surface area contributed by atoms with Crippen molar-refractivity contribution >= 4 is 23.4 Å². The highest BCUT2D eigenvalue weighted by Crippen LogP contribution is 2.38. The summed E-state index contributed by atoms with van der Waals surface area (Å²) in [4.78, 5) is 37.5. The van der Waals surface area contributed by atoms with Crippen LogP contribution in [0.2, 0.25) is 0 Å². The van der Waals surface area contributed by atoms with Gasteiger partial charge in [-0.05, 0) is 31.0 Å². The lowest BCUT2D eigenvalue weighted by Crippen LogP contribution is -2.50. The summed E-state index contributed by atoms with van der Waals surface area (Å²) < 4.78 is 0. The molecule has 2 heterocycles. The van der Waals surface area contributed by atoms with Gasteiger partial charge in [0, 0.05) is 30.8 Å². The lowest BCUT2D eigenvalue weighted by atomic mass is 9.79. The highest BCUT2D eigenvalue weighted by Gasteiger charge is 2.48. The molecule has 3 amide bonds. The fourth-order valence-corrected chi connectivity index (χ4v) is 3.08. The first kappa shape index (κ1) is 13.6. The molecule has 21 heavy (non-hydrogen) atoms. The summed E-state index contributed by atoms with van der Waals surface area (Å²) in [6.07, 6.45) is 1.45.